The summed E-state index contributed by atoms with van der Waals surface area (Å²) in [6.07, 6.45) is 2.93. The standard InChI is InChI=1S/C27H30N2O8/c1-10-12-8-9-13(11-6-4-5-7-11)20(30)15(12)21(31)16-14(10)22(32)18-19(29(2)3)23(33)17(26(28)36)25(35)27(18,37)24(16)34/h6,8-10,14,18-19,22,30-32,35,37H,4-5,7H2,1-3H3,(H2,28,36)/t10-,14?,18?,19-,22?,27-/m0/s1. The van der Waals surface area contributed by atoms with Crippen molar-refractivity contribution in [1.29, 1.82) is 0 Å². The molecule has 0 spiro atoms. The lowest BCUT2D eigenvalue weighted by Crippen LogP contribution is -2.70. The number of hydrogen-bond donors (Lipinski definition) is 6. The Morgan fingerprint density at radius 3 is 2.41 bits per heavy atom. The molecule has 4 aliphatic rings. The van der Waals surface area contributed by atoms with E-state index in [9.17, 15) is 39.9 Å². The molecule has 0 aliphatic heterocycles. The second-order valence-corrected chi connectivity index (χ2v) is 10.6. The van der Waals surface area contributed by atoms with Crippen molar-refractivity contribution in [2.24, 2.45) is 17.6 Å². The molecule has 0 saturated heterocycles. The first-order chi connectivity index (χ1) is 17.3. The van der Waals surface area contributed by atoms with E-state index in [1.54, 1.807) is 19.1 Å². The van der Waals surface area contributed by atoms with Crippen molar-refractivity contribution in [3.63, 3.8) is 0 Å². The van der Waals surface area contributed by atoms with Crippen LogP contribution in [0.1, 0.15) is 48.8 Å². The monoisotopic (exact) mass is 510 g/mol. The number of aliphatic hydroxyl groups excluding tert-OH is 3. The molecule has 10 nitrogen and oxygen atoms in total. The van der Waals surface area contributed by atoms with Gasteiger partial charge in [-0.25, -0.2) is 0 Å². The molecule has 7 N–H and O–H groups in total. The number of rotatable bonds is 3. The van der Waals surface area contributed by atoms with E-state index < -0.39 is 70.1 Å². The lowest BCUT2D eigenvalue weighted by Gasteiger charge is -2.53. The Morgan fingerprint density at radius 1 is 1.16 bits per heavy atom. The Kier molecular flexibility index (Phi) is 5.63. The number of allylic oxidation sites excluding steroid dienone is 2. The van der Waals surface area contributed by atoms with Crippen molar-refractivity contribution in [3.8, 4) is 5.75 Å². The molecule has 1 amide bonds. The number of carbonyl (C=O) groups is 3. The van der Waals surface area contributed by atoms with Gasteiger partial charge in [0, 0.05) is 17.1 Å². The minimum atomic E-state index is -2.91. The van der Waals surface area contributed by atoms with Crippen molar-refractivity contribution in [1.82, 2.24) is 4.90 Å². The van der Waals surface area contributed by atoms with Gasteiger partial charge in [-0.1, -0.05) is 25.1 Å². The van der Waals surface area contributed by atoms with Gasteiger partial charge in [-0.05, 0) is 50.4 Å². The number of aromatic hydroxyl groups is 1. The maximum atomic E-state index is 14.0. The molecule has 0 radical (unpaired) electrons. The molecule has 1 aromatic rings. The van der Waals surface area contributed by atoms with Crippen LogP contribution in [-0.4, -0.2) is 79.7 Å². The van der Waals surface area contributed by atoms with E-state index in [2.05, 4.69) is 0 Å². The van der Waals surface area contributed by atoms with Gasteiger partial charge in [0.1, 0.15) is 22.8 Å². The summed E-state index contributed by atoms with van der Waals surface area (Å²) in [5.74, 6) is -8.77. The summed E-state index contributed by atoms with van der Waals surface area (Å²) in [5.41, 5.74) is 3.03. The summed E-state index contributed by atoms with van der Waals surface area (Å²) < 4.78 is 0. The third-order valence-corrected chi connectivity index (χ3v) is 8.52. The fourth-order valence-electron chi connectivity index (χ4n) is 6.79. The highest BCUT2D eigenvalue weighted by Gasteiger charge is 2.68. The Bertz CT molecular complexity index is 1360. The minimum absolute atomic E-state index is 0.0151. The number of nitrogens with two attached hydrogens (primary N) is 1. The average Bonchev–Trinajstić information content (AvgIpc) is 3.35. The van der Waals surface area contributed by atoms with Gasteiger partial charge in [0.25, 0.3) is 5.91 Å². The quantitative estimate of drug-likeness (QED) is 0.324. The number of amides is 1. The average molecular weight is 511 g/mol. The summed E-state index contributed by atoms with van der Waals surface area (Å²) in [6.45, 7) is 1.71. The molecule has 3 unspecified atom stereocenters. The Hall–Kier alpha value is -3.47. The van der Waals surface area contributed by atoms with E-state index >= 15 is 0 Å². The molecule has 0 bridgehead atoms. The lowest BCUT2D eigenvalue weighted by molar-refractivity contribution is -0.169. The van der Waals surface area contributed by atoms with E-state index in [1.165, 1.54) is 19.0 Å². The third kappa shape index (κ3) is 3.12. The molecule has 1 fully saturated rings. The third-order valence-electron chi connectivity index (χ3n) is 8.52. The van der Waals surface area contributed by atoms with Gasteiger partial charge < -0.3 is 31.3 Å². The van der Waals surface area contributed by atoms with E-state index in [-0.39, 0.29) is 16.9 Å². The van der Waals surface area contributed by atoms with E-state index in [0.717, 1.165) is 24.8 Å². The summed E-state index contributed by atoms with van der Waals surface area (Å²) >= 11 is 0. The van der Waals surface area contributed by atoms with Crippen molar-refractivity contribution in [2.75, 3.05) is 14.1 Å². The van der Waals surface area contributed by atoms with Crippen LogP contribution in [0, 0.1) is 11.8 Å². The van der Waals surface area contributed by atoms with E-state index in [4.69, 9.17) is 5.73 Å². The molecule has 1 saturated carbocycles. The highest BCUT2D eigenvalue weighted by molar-refractivity contribution is 6.24. The number of likely N-dealkylation sites (N-methyl/N-ethyl adjacent to an activating group) is 1. The van der Waals surface area contributed by atoms with Gasteiger partial charge in [-0.15, -0.1) is 0 Å². The highest BCUT2D eigenvalue weighted by atomic mass is 16.4. The number of aliphatic hydroxyl groups is 4. The van der Waals surface area contributed by atoms with Crippen LogP contribution in [-0.2, 0) is 14.4 Å². The maximum Gasteiger partial charge on any atom is 0.255 e. The number of primary amides is 1. The van der Waals surface area contributed by atoms with Crippen LogP contribution in [0.2, 0.25) is 0 Å². The zero-order chi connectivity index (χ0) is 27.1. The number of benzene rings is 1. The summed E-state index contributed by atoms with van der Waals surface area (Å²) in [7, 11) is 2.95. The van der Waals surface area contributed by atoms with Crippen LogP contribution >= 0.6 is 0 Å². The smallest absolute Gasteiger partial charge is 0.255 e. The fourth-order valence-corrected chi connectivity index (χ4v) is 6.79. The number of carbonyl (C=O) groups excluding carboxylic acids is 3. The molecule has 4 aliphatic carbocycles. The molecule has 0 heterocycles. The maximum absolute atomic E-state index is 14.0. The zero-order valence-electron chi connectivity index (χ0n) is 20.7. The van der Waals surface area contributed by atoms with E-state index in [0.29, 0.717) is 11.1 Å². The van der Waals surface area contributed by atoms with Crippen LogP contribution < -0.4 is 5.73 Å². The molecular formula is C27H30N2O8. The number of hydrogen-bond acceptors (Lipinski definition) is 9. The normalized spacial score (nSPS) is 33.4. The van der Waals surface area contributed by atoms with E-state index in [1.807, 2.05) is 6.08 Å². The van der Waals surface area contributed by atoms with Crippen LogP contribution in [0.25, 0.3) is 11.3 Å². The molecule has 0 aromatic heterocycles. The zero-order valence-corrected chi connectivity index (χ0v) is 20.7. The van der Waals surface area contributed by atoms with Crippen molar-refractivity contribution < 1.29 is 39.9 Å². The van der Waals surface area contributed by atoms with Crippen molar-refractivity contribution in [2.45, 2.75) is 49.9 Å². The largest absolute Gasteiger partial charge is 0.508 e. The first kappa shape index (κ1) is 25.2. The Morgan fingerprint density at radius 2 is 1.84 bits per heavy atom. The number of phenols is 1. The SMILES string of the molecule is C[C@H]1c2ccc(C3=CCCC3)c(O)c2C(O)=C2C(=O)[C@]3(O)C(O)=C(C(N)=O)C(=O)[C@@H](N(C)C)C3C(O)C21. The molecule has 5 rings (SSSR count). The van der Waals surface area contributed by atoms with Crippen molar-refractivity contribution >= 4 is 28.8 Å². The second-order valence-electron chi connectivity index (χ2n) is 10.6. The van der Waals surface area contributed by atoms with Gasteiger partial charge in [0.05, 0.1) is 23.6 Å². The molecule has 1 aromatic carbocycles. The molecule has 37 heavy (non-hydrogen) atoms. The number of ketones is 2. The van der Waals surface area contributed by atoms with Gasteiger partial charge in [-0.2, -0.15) is 0 Å². The van der Waals surface area contributed by atoms with Crippen LogP contribution in [0.5, 0.6) is 5.75 Å². The molecule has 196 valence electrons. The van der Waals surface area contributed by atoms with Crippen LogP contribution in [0.15, 0.2) is 35.1 Å². The Labute approximate surface area is 213 Å². The number of fused-ring (bicyclic) bond motifs is 3. The summed E-state index contributed by atoms with van der Waals surface area (Å²) in [6, 6.07) is 2.11. The number of nitrogens with zero attached hydrogens (tertiary/aromatic N) is 1. The predicted molar refractivity (Wildman–Crippen MR) is 132 cm³/mol. The van der Waals surface area contributed by atoms with Gasteiger partial charge in [0.15, 0.2) is 11.4 Å². The van der Waals surface area contributed by atoms with Gasteiger partial charge in [0.2, 0.25) is 5.78 Å². The number of phenolic OH excluding ortho intramolecular Hbond substituents is 1. The molecule has 6 atom stereocenters. The second kappa shape index (κ2) is 8.27. The first-order valence-corrected chi connectivity index (χ1v) is 12.2. The van der Waals surface area contributed by atoms with Crippen LogP contribution in [0.4, 0.5) is 0 Å². The van der Waals surface area contributed by atoms with Gasteiger partial charge in [-0.3, -0.25) is 19.3 Å². The minimum Gasteiger partial charge on any atom is -0.508 e. The molecular weight excluding hydrogens is 480 g/mol. The predicted octanol–water partition coefficient (Wildman–Crippen LogP) is 1.06. The van der Waals surface area contributed by atoms with Crippen LogP contribution in [0.3, 0.4) is 0 Å². The first-order valence-electron chi connectivity index (χ1n) is 12.2. The topological polar surface area (TPSA) is 182 Å². The fraction of sp³-hybridized carbons (Fsp3) is 0.444. The summed E-state index contributed by atoms with van der Waals surface area (Å²) in [4.78, 5) is 40.6. The Balaban J connectivity index is 1.78. The van der Waals surface area contributed by atoms with Crippen molar-refractivity contribution in [3.05, 3.63) is 51.8 Å². The van der Waals surface area contributed by atoms with Gasteiger partial charge >= 0.3 is 0 Å². The summed E-state index contributed by atoms with van der Waals surface area (Å²) in [5, 5.41) is 56.9. The molecule has 10 heteroatoms. The number of Topliss-reactive ketones (excluding diaryl/α,β-unsaturated/α-hetero) is 2. The lowest BCUT2D eigenvalue weighted by atomic mass is 9.54. The highest BCUT2D eigenvalue weighted by Crippen LogP contribution is 2.56.